The molecule has 0 atom stereocenters. The van der Waals surface area contributed by atoms with Gasteiger partial charge in [-0.2, -0.15) is 0 Å². The van der Waals surface area contributed by atoms with Crippen molar-refractivity contribution in [1.29, 1.82) is 0 Å². The number of nitrogens with zero attached hydrogens (tertiary/aromatic N) is 1. The predicted octanol–water partition coefficient (Wildman–Crippen LogP) is 3.75. The Kier molecular flexibility index (Phi) is 5.14. The number of anilines is 1. The molecule has 2 fully saturated rings. The summed E-state index contributed by atoms with van der Waals surface area (Å²) in [6, 6.07) is 3.56. The van der Waals surface area contributed by atoms with E-state index < -0.39 is 10.0 Å². The molecule has 0 saturated heterocycles. The monoisotopic (exact) mass is 440 g/mol. The first-order chi connectivity index (χ1) is 12.5. The Morgan fingerprint density at radius 1 is 1.08 bits per heavy atom. The van der Waals surface area contributed by atoms with Crippen molar-refractivity contribution in [2.45, 2.75) is 68.7 Å². The topological polar surface area (TPSA) is 66.5 Å². The first-order valence-electron chi connectivity index (χ1n) is 9.62. The lowest BCUT2D eigenvalue weighted by Gasteiger charge is -2.20. The fourth-order valence-corrected chi connectivity index (χ4v) is 6.47. The summed E-state index contributed by atoms with van der Waals surface area (Å²) in [5.41, 5.74) is 1.81. The molecule has 4 rings (SSSR count). The molecule has 0 spiro atoms. The van der Waals surface area contributed by atoms with Gasteiger partial charge in [0.15, 0.2) is 0 Å². The molecule has 5 nitrogen and oxygen atoms in total. The number of hydrogen-bond donors (Lipinski definition) is 1. The maximum absolute atomic E-state index is 13.0. The van der Waals surface area contributed by atoms with E-state index >= 15 is 0 Å². The van der Waals surface area contributed by atoms with E-state index in [9.17, 15) is 13.2 Å². The standard InChI is InChI=1S/C19H25BrN2O3S/c20-16-11-14-9-10-22(19(23)13-7-8-13)17(14)12-18(16)26(24,25)21-15-5-3-1-2-4-6-15/h11-13,15,21H,1-10H2. The number of hydrogen-bond acceptors (Lipinski definition) is 3. The summed E-state index contributed by atoms with van der Waals surface area (Å²) in [4.78, 5) is 14.5. The van der Waals surface area contributed by atoms with Crippen molar-refractivity contribution in [1.82, 2.24) is 4.72 Å². The van der Waals surface area contributed by atoms with Gasteiger partial charge in [0.05, 0.1) is 4.90 Å². The molecule has 0 bridgehead atoms. The number of halogens is 1. The molecular formula is C19H25BrN2O3S. The van der Waals surface area contributed by atoms with E-state index in [4.69, 9.17) is 0 Å². The van der Waals surface area contributed by atoms with Crippen LogP contribution >= 0.6 is 15.9 Å². The third-order valence-corrected chi connectivity index (χ3v) is 8.17. The first kappa shape index (κ1) is 18.4. The molecule has 0 radical (unpaired) electrons. The van der Waals surface area contributed by atoms with Gasteiger partial charge in [-0.05, 0) is 65.7 Å². The molecule has 26 heavy (non-hydrogen) atoms. The summed E-state index contributed by atoms with van der Waals surface area (Å²) in [5, 5.41) is 0. The Labute approximate surface area is 163 Å². The lowest BCUT2D eigenvalue weighted by atomic mass is 10.1. The zero-order chi connectivity index (χ0) is 18.3. The van der Waals surface area contributed by atoms with Crippen LogP contribution in [0, 0.1) is 5.92 Å². The highest BCUT2D eigenvalue weighted by Crippen LogP contribution is 2.39. The minimum Gasteiger partial charge on any atom is -0.312 e. The summed E-state index contributed by atoms with van der Waals surface area (Å²) >= 11 is 3.44. The molecule has 1 N–H and O–H groups in total. The zero-order valence-electron chi connectivity index (χ0n) is 14.8. The molecule has 2 saturated carbocycles. The van der Waals surface area contributed by atoms with Gasteiger partial charge in [-0.15, -0.1) is 0 Å². The van der Waals surface area contributed by atoms with Crippen LogP contribution in [0.5, 0.6) is 0 Å². The molecule has 1 aliphatic heterocycles. The van der Waals surface area contributed by atoms with Crippen molar-refractivity contribution in [2.24, 2.45) is 5.92 Å². The maximum Gasteiger partial charge on any atom is 0.242 e. The fraction of sp³-hybridized carbons (Fsp3) is 0.632. The highest BCUT2D eigenvalue weighted by atomic mass is 79.9. The second-order valence-corrected chi connectivity index (χ2v) is 10.3. The van der Waals surface area contributed by atoms with Crippen molar-refractivity contribution in [3.05, 3.63) is 22.2 Å². The summed E-state index contributed by atoms with van der Waals surface area (Å²) in [5.74, 6) is 0.278. The van der Waals surface area contributed by atoms with Crippen LogP contribution in [0.1, 0.15) is 56.9 Å². The Morgan fingerprint density at radius 3 is 2.42 bits per heavy atom. The molecule has 1 amide bonds. The lowest BCUT2D eigenvalue weighted by molar-refractivity contribution is -0.119. The van der Waals surface area contributed by atoms with Gasteiger partial charge in [0.1, 0.15) is 0 Å². The Hall–Kier alpha value is -0.920. The van der Waals surface area contributed by atoms with Crippen LogP contribution in [0.3, 0.4) is 0 Å². The van der Waals surface area contributed by atoms with Gasteiger partial charge in [0.2, 0.25) is 15.9 Å². The quantitative estimate of drug-likeness (QED) is 0.724. The maximum atomic E-state index is 13.0. The van der Waals surface area contributed by atoms with Crippen LogP contribution in [0.2, 0.25) is 0 Å². The number of carbonyl (C=O) groups is 1. The minimum atomic E-state index is -3.62. The lowest BCUT2D eigenvalue weighted by Crippen LogP contribution is -2.35. The molecule has 142 valence electrons. The van der Waals surface area contributed by atoms with E-state index in [-0.39, 0.29) is 22.8 Å². The highest BCUT2D eigenvalue weighted by molar-refractivity contribution is 9.10. The number of carbonyl (C=O) groups excluding carboxylic acids is 1. The molecule has 3 aliphatic rings. The second-order valence-electron chi connectivity index (χ2n) is 7.74. The molecule has 7 heteroatoms. The minimum absolute atomic E-state index is 0.00635. The molecule has 1 aromatic rings. The van der Waals surface area contributed by atoms with E-state index in [0.29, 0.717) is 11.0 Å². The van der Waals surface area contributed by atoms with Crippen molar-refractivity contribution >= 4 is 37.5 Å². The SMILES string of the molecule is O=C(C1CC1)N1CCc2cc(Br)c(S(=O)(=O)NC3CCCCCC3)cc21. The van der Waals surface area contributed by atoms with Crippen LogP contribution in [-0.2, 0) is 21.2 Å². The van der Waals surface area contributed by atoms with E-state index in [2.05, 4.69) is 20.7 Å². The smallest absolute Gasteiger partial charge is 0.242 e. The first-order valence-corrected chi connectivity index (χ1v) is 11.9. The van der Waals surface area contributed by atoms with Crippen LogP contribution < -0.4 is 9.62 Å². The Morgan fingerprint density at radius 2 is 1.77 bits per heavy atom. The van der Waals surface area contributed by atoms with Gasteiger partial charge in [-0.1, -0.05) is 25.7 Å². The molecule has 1 aromatic carbocycles. The van der Waals surface area contributed by atoms with Crippen LogP contribution in [-0.4, -0.2) is 26.9 Å². The van der Waals surface area contributed by atoms with Gasteiger partial charge in [0.25, 0.3) is 0 Å². The van der Waals surface area contributed by atoms with E-state index in [1.165, 1.54) is 12.8 Å². The van der Waals surface area contributed by atoms with Gasteiger partial charge < -0.3 is 4.90 Å². The highest BCUT2D eigenvalue weighted by Gasteiger charge is 2.37. The summed E-state index contributed by atoms with van der Waals surface area (Å²) < 4.78 is 29.5. The number of benzene rings is 1. The van der Waals surface area contributed by atoms with Crippen molar-refractivity contribution in [2.75, 3.05) is 11.4 Å². The van der Waals surface area contributed by atoms with Crippen molar-refractivity contribution in [3.8, 4) is 0 Å². The van der Waals surface area contributed by atoms with E-state index in [1.54, 1.807) is 11.0 Å². The van der Waals surface area contributed by atoms with Crippen LogP contribution in [0.25, 0.3) is 0 Å². The third-order valence-electron chi connectivity index (χ3n) is 5.69. The number of sulfonamides is 1. The molecule has 2 aliphatic carbocycles. The largest absolute Gasteiger partial charge is 0.312 e. The van der Waals surface area contributed by atoms with Gasteiger partial charge in [-0.3, -0.25) is 4.79 Å². The molecule has 0 aromatic heterocycles. The van der Waals surface area contributed by atoms with E-state index in [1.807, 2.05) is 6.07 Å². The van der Waals surface area contributed by atoms with Crippen molar-refractivity contribution in [3.63, 3.8) is 0 Å². The molecule has 0 unspecified atom stereocenters. The summed E-state index contributed by atoms with van der Waals surface area (Å²) in [6.45, 7) is 0.649. The zero-order valence-corrected chi connectivity index (χ0v) is 17.2. The fourth-order valence-electron chi connectivity index (χ4n) is 4.05. The molecular weight excluding hydrogens is 416 g/mol. The Bertz CT molecular complexity index is 812. The van der Waals surface area contributed by atoms with E-state index in [0.717, 1.165) is 56.2 Å². The predicted molar refractivity (Wildman–Crippen MR) is 105 cm³/mol. The molecule has 1 heterocycles. The summed E-state index contributed by atoms with van der Waals surface area (Å²) in [6.07, 6.45) is 8.98. The average molecular weight is 441 g/mol. The average Bonchev–Trinajstić information content (AvgIpc) is 3.39. The summed E-state index contributed by atoms with van der Waals surface area (Å²) in [7, 11) is -3.62. The number of rotatable bonds is 4. The van der Waals surface area contributed by atoms with Crippen LogP contribution in [0.4, 0.5) is 5.69 Å². The number of nitrogens with one attached hydrogen (secondary N) is 1. The van der Waals surface area contributed by atoms with Crippen molar-refractivity contribution < 1.29 is 13.2 Å². The second kappa shape index (κ2) is 7.24. The van der Waals surface area contributed by atoms with Gasteiger partial charge in [0, 0.05) is 28.7 Å². The van der Waals surface area contributed by atoms with Gasteiger partial charge >= 0.3 is 0 Å². The van der Waals surface area contributed by atoms with Gasteiger partial charge in [-0.25, -0.2) is 13.1 Å². The number of fused-ring (bicyclic) bond motifs is 1. The number of amides is 1. The van der Waals surface area contributed by atoms with Crippen LogP contribution in [0.15, 0.2) is 21.5 Å². The normalized spacial score (nSPS) is 21.5. The third kappa shape index (κ3) is 3.71. The Balaban J connectivity index is 1.61.